The second-order valence-electron chi connectivity index (χ2n) is 12.1. The summed E-state index contributed by atoms with van der Waals surface area (Å²) in [5, 5.41) is 22.1. The SMILES string of the molecule is C=C/C=C\[C@H](C)[C@H](OC(N)=O)[C@@H](C)[C@H](O)[C@@H](C)C/C(C)=C\[C@H](C)[C@@H](O)[C@@H](C)/C=C\[C@H](C[C@@H]1OC(=O)CC[C@H]1C)OC. The van der Waals surface area contributed by atoms with Crippen LogP contribution in [0.1, 0.15) is 74.1 Å². The molecule has 11 atom stereocenters. The van der Waals surface area contributed by atoms with Gasteiger partial charge in [0.25, 0.3) is 0 Å². The van der Waals surface area contributed by atoms with E-state index in [2.05, 4.69) is 13.5 Å². The van der Waals surface area contributed by atoms with E-state index in [-0.39, 0.29) is 53.7 Å². The van der Waals surface area contributed by atoms with Gasteiger partial charge in [0.1, 0.15) is 12.2 Å². The normalized spacial score (nSPS) is 25.0. The third-order valence-corrected chi connectivity index (χ3v) is 8.35. The minimum atomic E-state index is -0.869. The Bertz CT molecular complexity index is 913. The van der Waals surface area contributed by atoms with E-state index in [1.165, 1.54) is 0 Å². The van der Waals surface area contributed by atoms with Crippen molar-refractivity contribution in [2.24, 2.45) is 41.2 Å². The lowest BCUT2D eigenvalue weighted by Gasteiger charge is -2.33. The number of amides is 1. The fraction of sp³-hybridized carbons (Fsp3) is 0.697. The molecule has 1 rings (SSSR count). The molecular weight excluding hydrogens is 522 g/mol. The average Bonchev–Trinajstić information content (AvgIpc) is 2.92. The van der Waals surface area contributed by atoms with Crippen LogP contribution in [0.3, 0.4) is 0 Å². The Labute approximate surface area is 247 Å². The molecule has 0 aromatic carbocycles. The fourth-order valence-corrected chi connectivity index (χ4v) is 5.68. The Hall–Kier alpha value is -2.42. The quantitative estimate of drug-likeness (QED) is 0.114. The molecule has 1 amide bonds. The van der Waals surface area contributed by atoms with Crippen LogP contribution in [0.25, 0.3) is 0 Å². The lowest BCUT2D eigenvalue weighted by Crippen LogP contribution is -2.41. The summed E-state index contributed by atoms with van der Waals surface area (Å²) in [6.07, 6.45) is 10.6. The minimum absolute atomic E-state index is 0.115. The van der Waals surface area contributed by atoms with Crippen molar-refractivity contribution in [1.29, 1.82) is 0 Å². The molecule has 8 heteroatoms. The van der Waals surface area contributed by atoms with Crippen LogP contribution in [0.15, 0.2) is 48.6 Å². The van der Waals surface area contributed by atoms with Gasteiger partial charge < -0.3 is 30.2 Å². The molecule has 4 N–H and O–H groups in total. The van der Waals surface area contributed by atoms with Crippen LogP contribution in [0, 0.1) is 35.5 Å². The molecule has 0 spiro atoms. The zero-order valence-electron chi connectivity index (χ0n) is 26.4. The van der Waals surface area contributed by atoms with Gasteiger partial charge in [-0.1, -0.05) is 90.2 Å². The highest BCUT2D eigenvalue weighted by Crippen LogP contribution is 2.29. The summed E-state index contributed by atoms with van der Waals surface area (Å²) in [6.45, 7) is 17.4. The van der Waals surface area contributed by atoms with Crippen molar-refractivity contribution >= 4 is 12.1 Å². The van der Waals surface area contributed by atoms with Crippen LogP contribution in [-0.4, -0.2) is 59.9 Å². The highest BCUT2D eigenvalue weighted by atomic mass is 16.6. The van der Waals surface area contributed by atoms with Crippen molar-refractivity contribution in [3.05, 3.63) is 48.6 Å². The minimum Gasteiger partial charge on any atom is -0.462 e. The van der Waals surface area contributed by atoms with Gasteiger partial charge in [-0.3, -0.25) is 4.79 Å². The monoisotopic (exact) mass is 577 g/mol. The number of methoxy groups -OCH3 is 1. The van der Waals surface area contributed by atoms with Crippen LogP contribution in [0.2, 0.25) is 0 Å². The molecule has 1 heterocycles. The maximum Gasteiger partial charge on any atom is 0.404 e. The highest BCUT2D eigenvalue weighted by Gasteiger charge is 2.33. The number of carbonyl (C=O) groups is 2. The van der Waals surface area contributed by atoms with Gasteiger partial charge in [0.05, 0.1) is 18.3 Å². The smallest absolute Gasteiger partial charge is 0.404 e. The first-order valence-corrected chi connectivity index (χ1v) is 14.9. The second-order valence-corrected chi connectivity index (χ2v) is 12.1. The number of carbonyl (C=O) groups excluding carboxylic acids is 2. The number of aliphatic hydroxyl groups is 2. The Morgan fingerprint density at radius 1 is 1.10 bits per heavy atom. The Kier molecular flexibility index (Phi) is 16.2. The van der Waals surface area contributed by atoms with Crippen LogP contribution < -0.4 is 5.73 Å². The summed E-state index contributed by atoms with van der Waals surface area (Å²) in [5.74, 6) is -0.731. The summed E-state index contributed by atoms with van der Waals surface area (Å²) in [5.41, 5.74) is 6.37. The maximum absolute atomic E-state index is 11.7. The molecule has 0 aliphatic carbocycles. The summed E-state index contributed by atoms with van der Waals surface area (Å²) in [7, 11) is 1.64. The van der Waals surface area contributed by atoms with Crippen LogP contribution in [0.4, 0.5) is 4.79 Å². The van der Waals surface area contributed by atoms with Crippen molar-refractivity contribution in [1.82, 2.24) is 0 Å². The van der Waals surface area contributed by atoms with Crippen LogP contribution in [-0.2, 0) is 19.0 Å². The van der Waals surface area contributed by atoms with E-state index in [1.54, 1.807) is 19.3 Å². The lowest BCUT2D eigenvalue weighted by molar-refractivity contribution is -0.159. The van der Waals surface area contributed by atoms with E-state index in [9.17, 15) is 19.8 Å². The first-order chi connectivity index (χ1) is 19.2. The van der Waals surface area contributed by atoms with E-state index in [0.717, 1.165) is 12.0 Å². The predicted octanol–water partition coefficient (Wildman–Crippen LogP) is 5.73. The Balaban J connectivity index is 2.78. The fourth-order valence-electron chi connectivity index (χ4n) is 5.68. The first-order valence-electron chi connectivity index (χ1n) is 14.9. The van der Waals surface area contributed by atoms with Gasteiger partial charge in [0.15, 0.2) is 0 Å². The lowest BCUT2D eigenvalue weighted by atomic mass is 9.81. The molecule has 0 aromatic rings. The molecule has 234 valence electrons. The molecule has 0 saturated carbocycles. The van der Waals surface area contributed by atoms with Gasteiger partial charge in [0, 0.05) is 43.6 Å². The molecule has 41 heavy (non-hydrogen) atoms. The van der Waals surface area contributed by atoms with Crippen molar-refractivity contribution in [3.8, 4) is 0 Å². The molecule has 1 aliphatic rings. The van der Waals surface area contributed by atoms with Crippen molar-refractivity contribution in [3.63, 3.8) is 0 Å². The number of rotatable bonds is 17. The number of cyclic esters (lactones) is 1. The Morgan fingerprint density at radius 3 is 2.34 bits per heavy atom. The summed E-state index contributed by atoms with van der Waals surface area (Å²) >= 11 is 0. The number of esters is 1. The predicted molar refractivity (Wildman–Crippen MR) is 163 cm³/mol. The molecule has 0 unspecified atom stereocenters. The van der Waals surface area contributed by atoms with Gasteiger partial charge in [-0.05, 0) is 31.6 Å². The number of aliphatic hydroxyl groups excluding tert-OH is 2. The van der Waals surface area contributed by atoms with Gasteiger partial charge in [-0.25, -0.2) is 4.79 Å². The number of ether oxygens (including phenoxy) is 3. The Morgan fingerprint density at radius 2 is 1.76 bits per heavy atom. The number of allylic oxidation sites excluding steroid dienone is 3. The number of hydrogen-bond donors (Lipinski definition) is 3. The van der Waals surface area contributed by atoms with Crippen LogP contribution >= 0.6 is 0 Å². The maximum atomic E-state index is 11.7. The highest BCUT2D eigenvalue weighted by molar-refractivity contribution is 5.70. The molecule has 1 fully saturated rings. The van der Waals surface area contributed by atoms with Gasteiger partial charge >= 0.3 is 12.1 Å². The molecule has 0 bridgehead atoms. The number of hydrogen-bond acceptors (Lipinski definition) is 7. The van der Waals surface area contributed by atoms with Crippen molar-refractivity contribution in [2.75, 3.05) is 7.11 Å². The third kappa shape index (κ3) is 12.5. The van der Waals surface area contributed by atoms with E-state index >= 15 is 0 Å². The largest absolute Gasteiger partial charge is 0.462 e. The summed E-state index contributed by atoms with van der Waals surface area (Å²) < 4.78 is 16.5. The summed E-state index contributed by atoms with van der Waals surface area (Å²) in [6, 6.07) is 0. The van der Waals surface area contributed by atoms with Crippen LogP contribution in [0.5, 0.6) is 0 Å². The third-order valence-electron chi connectivity index (χ3n) is 8.35. The standard InChI is InChI=1S/C33H55NO7/c1-10-11-12-23(5)32(41-33(34)38)26(8)31(37)25(7)18-20(2)17-24(6)30(36)22(4)13-15-27(39-9)19-28-21(3)14-16-29(35)40-28/h10-13,15,17,21-28,30-32,36-37H,1,14,16,18-19H2,2-9H3,(H2,34,38)/b12-11-,15-13-,20-17-/t21-,22+,23+,24+,25+,26+,27-,28+,30+,31-,32+/m1/s1. The van der Waals surface area contributed by atoms with Crippen molar-refractivity contribution < 1.29 is 34.0 Å². The molecule has 8 nitrogen and oxygen atoms in total. The van der Waals surface area contributed by atoms with Gasteiger partial charge in [-0.2, -0.15) is 0 Å². The van der Waals surface area contributed by atoms with E-state index in [1.807, 2.05) is 65.8 Å². The molecule has 1 saturated heterocycles. The van der Waals surface area contributed by atoms with Crippen molar-refractivity contribution in [2.45, 2.75) is 105 Å². The van der Waals surface area contributed by atoms with E-state index in [0.29, 0.717) is 19.3 Å². The molecule has 1 aliphatic heterocycles. The zero-order valence-corrected chi connectivity index (χ0v) is 26.4. The van der Waals surface area contributed by atoms with Gasteiger partial charge in [0.2, 0.25) is 0 Å². The first kappa shape index (κ1) is 36.6. The van der Waals surface area contributed by atoms with E-state index in [4.69, 9.17) is 19.9 Å². The average molecular weight is 578 g/mol. The molecule has 0 radical (unpaired) electrons. The summed E-state index contributed by atoms with van der Waals surface area (Å²) in [4.78, 5) is 23.2. The number of nitrogens with two attached hydrogens (primary N) is 1. The van der Waals surface area contributed by atoms with Gasteiger partial charge in [-0.15, -0.1) is 0 Å². The molecule has 0 aromatic heterocycles. The zero-order chi connectivity index (χ0) is 31.3. The van der Waals surface area contributed by atoms with E-state index < -0.39 is 24.4 Å². The topological polar surface area (TPSA) is 128 Å². The number of primary amides is 1. The second kappa shape index (κ2) is 18.2. The molecular formula is C33H55NO7.